The molecule has 0 aliphatic rings. The topological polar surface area (TPSA) is 39.2 Å². The highest BCUT2D eigenvalue weighted by atomic mass is 32.2. The summed E-state index contributed by atoms with van der Waals surface area (Å²) in [4.78, 5) is 2.32. The van der Waals surface area contributed by atoms with Crippen molar-refractivity contribution in [3.63, 3.8) is 0 Å². The first-order valence-corrected chi connectivity index (χ1v) is 5.15. The first kappa shape index (κ1) is 9.21. The molecule has 3 heteroatoms. The molecule has 72 valence electrons. The Morgan fingerprint density at radius 1 is 1.14 bits per heavy atom. The second kappa shape index (κ2) is 3.80. The van der Waals surface area contributed by atoms with Crippen LogP contribution in [0.3, 0.4) is 0 Å². The van der Waals surface area contributed by atoms with Crippen LogP contribution in [0.2, 0.25) is 0 Å². The predicted molar refractivity (Wildman–Crippen MR) is 58.4 cm³/mol. The van der Waals surface area contributed by atoms with Gasteiger partial charge in [0, 0.05) is 10.6 Å². The van der Waals surface area contributed by atoms with Crippen molar-refractivity contribution in [2.45, 2.75) is 16.7 Å². The van der Waals surface area contributed by atoms with Gasteiger partial charge in [-0.05, 0) is 37.3 Å². The fourth-order valence-electron chi connectivity index (χ4n) is 1.14. The number of nitrogen functional groups attached to an aromatic ring is 1. The standard InChI is InChI=1S/C11H11NOS/c1-8-11(6-7-13-8)14-10-4-2-9(12)3-5-10/h2-7H,12H2,1H3. The smallest absolute Gasteiger partial charge is 0.114 e. The monoisotopic (exact) mass is 205 g/mol. The zero-order valence-corrected chi connectivity index (χ0v) is 8.67. The maximum absolute atomic E-state index is 5.60. The molecule has 0 spiro atoms. The summed E-state index contributed by atoms with van der Waals surface area (Å²) in [6.07, 6.45) is 1.70. The highest BCUT2D eigenvalue weighted by molar-refractivity contribution is 7.99. The molecule has 0 aliphatic heterocycles. The number of rotatable bonds is 2. The molecule has 1 aromatic carbocycles. The average Bonchev–Trinajstić information content (AvgIpc) is 2.56. The van der Waals surface area contributed by atoms with Gasteiger partial charge >= 0.3 is 0 Å². The summed E-state index contributed by atoms with van der Waals surface area (Å²) in [5.41, 5.74) is 6.39. The molecule has 0 fully saturated rings. The largest absolute Gasteiger partial charge is 0.468 e. The molecule has 14 heavy (non-hydrogen) atoms. The summed E-state index contributed by atoms with van der Waals surface area (Å²) in [5, 5.41) is 0. The Morgan fingerprint density at radius 3 is 2.43 bits per heavy atom. The molecule has 0 atom stereocenters. The maximum atomic E-state index is 5.60. The second-order valence-electron chi connectivity index (χ2n) is 3.01. The van der Waals surface area contributed by atoms with Crippen molar-refractivity contribution in [2.75, 3.05) is 5.73 Å². The van der Waals surface area contributed by atoms with E-state index in [1.165, 1.54) is 4.90 Å². The van der Waals surface area contributed by atoms with Crippen LogP contribution in [0.1, 0.15) is 5.76 Å². The van der Waals surface area contributed by atoms with Crippen molar-refractivity contribution < 1.29 is 4.42 Å². The summed E-state index contributed by atoms with van der Waals surface area (Å²) in [7, 11) is 0. The van der Waals surface area contributed by atoms with Crippen LogP contribution in [0.5, 0.6) is 0 Å². The van der Waals surface area contributed by atoms with Gasteiger partial charge in [0.05, 0.1) is 11.2 Å². The number of aryl methyl sites for hydroxylation is 1. The SMILES string of the molecule is Cc1occc1Sc1ccc(N)cc1. The third-order valence-electron chi connectivity index (χ3n) is 1.92. The van der Waals surface area contributed by atoms with Crippen molar-refractivity contribution >= 4 is 17.4 Å². The van der Waals surface area contributed by atoms with Crippen molar-refractivity contribution in [1.29, 1.82) is 0 Å². The maximum Gasteiger partial charge on any atom is 0.114 e. The van der Waals surface area contributed by atoms with Gasteiger partial charge < -0.3 is 10.2 Å². The number of nitrogens with two attached hydrogens (primary N) is 1. The van der Waals surface area contributed by atoms with E-state index in [4.69, 9.17) is 10.2 Å². The van der Waals surface area contributed by atoms with Crippen LogP contribution in [-0.4, -0.2) is 0 Å². The molecule has 2 N–H and O–H groups in total. The lowest BCUT2D eigenvalue weighted by Crippen LogP contribution is -1.82. The van der Waals surface area contributed by atoms with E-state index in [0.717, 1.165) is 16.3 Å². The van der Waals surface area contributed by atoms with E-state index in [1.54, 1.807) is 18.0 Å². The molecule has 0 aliphatic carbocycles. The molecule has 0 bridgehead atoms. The van der Waals surface area contributed by atoms with Crippen LogP contribution < -0.4 is 5.73 Å². The molecule has 0 saturated heterocycles. The van der Waals surface area contributed by atoms with E-state index >= 15 is 0 Å². The van der Waals surface area contributed by atoms with Crippen LogP contribution in [0.25, 0.3) is 0 Å². The lowest BCUT2D eigenvalue weighted by Gasteiger charge is -1.99. The molecule has 0 amide bonds. The Hall–Kier alpha value is -1.35. The van der Waals surface area contributed by atoms with Gasteiger partial charge in [0.1, 0.15) is 5.76 Å². The number of benzene rings is 1. The molecule has 1 heterocycles. The van der Waals surface area contributed by atoms with Gasteiger partial charge in [-0.2, -0.15) is 0 Å². The lowest BCUT2D eigenvalue weighted by molar-refractivity contribution is 0.527. The molecule has 0 radical (unpaired) electrons. The minimum atomic E-state index is 0.790. The third-order valence-corrected chi connectivity index (χ3v) is 3.07. The number of anilines is 1. The Kier molecular flexibility index (Phi) is 2.50. The zero-order chi connectivity index (χ0) is 9.97. The quantitative estimate of drug-likeness (QED) is 0.764. The third kappa shape index (κ3) is 1.93. The van der Waals surface area contributed by atoms with Crippen LogP contribution in [0.4, 0.5) is 5.69 Å². The molecular formula is C11H11NOS. The fraction of sp³-hybridized carbons (Fsp3) is 0.0909. The van der Waals surface area contributed by atoms with Gasteiger partial charge in [-0.3, -0.25) is 0 Å². The molecular weight excluding hydrogens is 194 g/mol. The highest BCUT2D eigenvalue weighted by Crippen LogP contribution is 2.30. The van der Waals surface area contributed by atoms with Crippen LogP contribution >= 0.6 is 11.8 Å². The van der Waals surface area contributed by atoms with Crippen LogP contribution in [0, 0.1) is 6.92 Å². The lowest BCUT2D eigenvalue weighted by atomic mass is 10.3. The van der Waals surface area contributed by atoms with E-state index in [-0.39, 0.29) is 0 Å². The van der Waals surface area contributed by atoms with E-state index in [1.807, 2.05) is 37.3 Å². The van der Waals surface area contributed by atoms with Gasteiger partial charge in [0.25, 0.3) is 0 Å². The highest BCUT2D eigenvalue weighted by Gasteiger charge is 2.02. The van der Waals surface area contributed by atoms with Crippen molar-refractivity contribution in [1.82, 2.24) is 0 Å². The Morgan fingerprint density at radius 2 is 1.86 bits per heavy atom. The van der Waals surface area contributed by atoms with E-state index < -0.39 is 0 Å². The molecule has 0 saturated carbocycles. The summed E-state index contributed by atoms with van der Waals surface area (Å²) in [6.45, 7) is 1.96. The first-order valence-electron chi connectivity index (χ1n) is 4.33. The van der Waals surface area contributed by atoms with Gasteiger partial charge in [-0.15, -0.1) is 0 Å². The summed E-state index contributed by atoms with van der Waals surface area (Å²) >= 11 is 1.68. The number of hydrogen-bond donors (Lipinski definition) is 1. The van der Waals surface area contributed by atoms with Gasteiger partial charge in [0.15, 0.2) is 0 Å². The Labute approximate surface area is 87.1 Å². The van der Waals surface area contributed by atoms with E-state index in [9.17, 15) is 0 Å². The second-order valence-corrected chi connectivity index (χ2v) is 4.13. The normalized spacial score (nSPS) is 10.4. The molecule has 2 nitrogen and oxygen atoms in total. The van der Waals surface area contributed by atoms with Gasteiger partial charge in [-0.1, -0.05) is 11.8 Å². The molecule has 2 aromatic rings. The molecule has 2 rings (SSSR count). The predicted octanol–water partition coefficient (Wildman–Crippen LogP) is 3.32. The Bertz CT molecular complexity index is 419. The van der Waals surface area contributed by atoms with Crippen molar-refractivity contribution in [3.05, 3.63) is 42.4 Å². The number of hydrogen-bond acceptors (Lipinski definition) is 3. The minimum absolute atomic E-state index is 0.790. The fourth-order valence-corrected chi connectivity index (χ4v) is 1.98. The van der Waals surface area contributed by atoms with Crippen molar-refractivity contribution in [2.24, 2.45) is 0 Å². The average molecular weight is 205 g/mol. The number of furan rings is 1. The summed E-state index contributed by atoms with van der Waals surface area (Å²) in [5.74, 6) is 0.951. The Balaban J connectivity index is 2.19. The van der Waals surface area contributed by atoms with Gasteiger partial charge in [-0.25, -0.2) is 0 Å². The van der Waals surface area contributed by atoms with E-state index in [2.05, 4.69) is 0 Å². The molecule has 1 aromatic heterocycles. The van der Waals surface area contributed by atoms with Crippen LogP contribution in [-0.2, 0) is 0 Å². The zero-order valence-electron chi connectivity index (χ0n) is 7.86. The van der Waals surface area contributed by atoms with Gasteiger partial charge in [0.2, 0.25) is 0 Å². The summed E-state index contributed by atoms with van der Waals surface area (Å²) < 4.78 is 5.21. The van der Waals surface area contributed by atoms with Crippen molar-refractivity contribution in [3.8, 4) is 0 Å². The van der Waals surface area contributed by atoms with E-state index in [0.29, 0.717) is 0 Å². The minimum Gasteiger partial charge on any atom is -0.468 e. The van der Waals surface area contributed by atoms with Crippen LogP contribution in [0.15, 0.2) is 50.8 Å². The molecule has 0 unspecified atom stereocenters. The summed E-state index contributed by atoms with van der Waals surface area (Å²) in [6, 6.07) is 9.78. The first-order chi connectivity index (χ1) is 6.75.